The summed E-state index contributed by atoms with van der Waals surface area (Å²) < 4.78 is 13.0. The molecule has 0 fully saturated rings. The first-order valence-corrected chi connectivity index (χ1v) is 8.58. The molecule has 5 nitrogen and oxygen atoms in total. The van der Waals surface area contributed by atoms with Crippen molar-refractivity contribution in [3.8, 4) is 0 Å². The molecule has 0 radical (unpaired) electrons. The molecule has 138 valence electrons. The third kappa shape index (κ3) is 4.88. The fourth-order valence-electron chi connectivity index (χ4n) is 2.48. The molecule has 1 aromatic heterocycles. The highest BCUT2D eigenvalue weighted by Crippen LogP contribution is 2.24. The molecule has 0 aliphatic rings. The minimum Gasteiger partial charge on any atom is -0.340 e. The molecule has 0 aliphatic heterocycles. The lowest BCUT2D eigenvalue weighted by molar-refractivity contribution is 0.102. The van der Waals surface area contributed by atoms with Crippen LogP contribution in [0.15, 0.2) is 60.9 Å². The molecule has 3 rings (SSSR count). The van der Waals surface area contributed by atoms with Crippen LogP contribution in [0.3, 0.4) is 0 Å². The van der Waals surface area contributed by atoms with E-state index in [4.69, 9.17) is 0 Å². The van der Waals surface area contributed by atoms with Crippen LogP contribution in [-0.2, 0) is 5.41 Å². The average Bonchev–Trinajstić information content (AvgIpc) is 2.63. The van der Waals surface area contributed by atoms with Gasteiger partial charge in [0.15, 0.2) is 0 Å². The number of nitrogens with one attached hydrogen (secondary N) is 2. The summed E-state index contributed by atoms with van der Waals surface area (Å²) in [7, 11) is 0. The molecule has 0 spiro atoms. The van der Waals surface area contributed by atoms with Crippen LogP contribution in [0.25, 0.3) is 0 Å². The van der Waals surface area contributed by atoms with Crippen molar-refractivity contribution in [3.63, 3.8) is 0 Å². The summed E-state index contributed by atoms with van der Waals surface area (Å²) in [6.45, 7) is 6.48. The van der Waals surface area contributed by atoms with Crippen molar-refractivity contribution in [2.24, 2.45) is 0 Å². The van der Waals surface area contributed by atoms with Crippen molar-refractivity contribution in [3.05, 3.63) is 78.0 Å². The summed E-state index contributed by atoms with van der Waals surface area (Å²) in [6.07, 6.45) is 1.32. The third-order valence-corrected chi connectivity index (χ3v) is 4.03. The Bertz CT molecular complexity index is 932. The van der Waals surface area contributed by atoms with Gasteiger partial charge < -0.3 is 10.6 Å². The van der Waals surface area contributed by atoms with Gasteiger partial charge in [0, 0.05) is 17.4 Å². The second-order valence-corrected chi connectivity index (χ2v) is 7.20. The van der Waals surface area contributed by atoms with Crippen LogP contribution in [0.2, 0.25) is 0 Å². The molecule has 0 bridgehead atoms. The van der Waals surface area contributed by atoms with Gasteiger partial charge in [0.2, 0.25) is 0 Å². The molecule has 1 heterocycles. The van der Waals surface area contributed by atoms with E-state index >= 15 is 0 Å². The van der Waals surface area contributed by atoms with Gasteiger partial charge in [-0.1, -0.05) is 32.9 Å². The van der Waals surface area contributed by atoms with Crippen LogP contribution in [0.5, 0.6) is 0 Å². The van der Waals surface area contributed by atoms with Gasteiger partial charge in [0.25, 0.3) is 5.91 Å². The van der Waals surface area contributed by atoms with Gasteiger partial charge in [-0.2, -0.15) is 0 Å². The molecular weight excluding hydrogens is 343 g/mol. The van der Waals surface area contributed by atoms with E-state index in [-0.39, 0.29) is 16.9 Å². The van der Waals surface area contributed by atoms with E-state index < -0.39 is 5.91 Å². The minimum absolute atomic E-state index is 0.0824. The highest BCUT2D eigenvalue weighted by Gasteiger charge is 2.13. The van der Waals surface area contributed by atoms with Crippen LogP contribution < -0.4 is 10.6 Å². The maximum atomic E-state index is 13.0. The summed E-state index contributed by atoms with van der Waals surface area (Å²) in [5.41, 5.74) is 2.89. The van der Waals surface area contributed by atoms with Gasteiger partial charge in [-0.25, -0.2) is 14.4 Å². The van der Waals surface area contributed by atoms with E-state index in [0.29, 0.717) is 11.5 Å². The van der Waals surface area contributed by atoms with Gasteiger partial charge in [-0.15, -0.1) is 0 Å². The lowest BCUT2D eigenvalue weighted by Crippen LogP contribution is -2.14. The quantitative estimate of drug-likeness (QED) is 0.690. The predicted octanol–water partition coefficient (Wildman–Crippen LogP) is 4.91. The summed E-state index contributed by atoms with van der Waals surface area (Å²) in [5.74, 6) is -0.244. The number of rotatable bonds is 4. The third-order valence-electron chi connectivity index (χ3n) is 4.03. The molecule has 3 aromatic rings. The first-order chi connectivity index (χ1) is 12.8. The van der Waals surface area contributed by atoms with Crippen LogP contribution in [0.1, 0.15) is 36.8 Å². The van der Waals surface area contributed by atoms with Crippen molar-refractivity contribution in [2.75, 3.05) is 10.6 Å². The molecule has 0 atom stereocenters. The minimum atomic E-state index is -0.393. The number of hydrogen-bond donors (Lipinski definition) is 2. The topological polar surface area (TPSA) is 66.9 Å². The zero-order valence-corrected chi connectivity index (χ0v) is 15.5. The molecule has 0 saturated heterocycles. The summed E-state index contributed by atoms with van der Waals surface area (Å²) >= 11 is 0. The van der Waals surface area contributed by atoms with Crippen LogP contribution >= 0.6 is 0 Å². The zero-order valence-electron chi connectivity index (χ0n) is 15.5. The van der Waals surface area contributed by atoms with E-state index in [1.165, 1.54) is 36.2 Å². The second-order valence-electron chi connectivity index (χ2n) is 7.20. The van der Waals surface area contributed by atoms with Gasteiger partial charge in [-0.05, 0) is 47.4 Å². The number of aromatic nitrogens is 2. The molecule has 0 unspecified atom stereocenters. The number of benzene rings is 2. The second kappa shape index (κ2) is 7.53. The van der Waals surface area contributed by atoms with Gasteiger partial charge in [0.05, 0.1) is 0 Å². The van der Waals surface area contributed by atoms with Gasteiger partial charge >= 0.3 is 0 Å². The number of carbonyl (C=O) groups is 1. The van der Waals surface area contributed by atoms with Crippen molar-refractivity contribution >= 4 is 23.1 Å². The maximum absolute atomic E-state index is 13.0. The van der Waals surface area contributed by atoms with Crippen molar-refractivity contribution < 1.29 is 9.18 Å². The first-order valence-electron chi connectivity index (χ1n) is 8.58. The Hall–Kier alpha value is -3.28. The van der Waals surface area contributed by atoms with Crippen molar-refractivity contribution in [2.45, 2.75) is 26.2 Å². The molecule has 2 N–H and O–H groups in total. The molecular formula is C21H21FN4O. The van der Waals surface area contributed by atoms with Crippen LogP contribution in [-0.4, -0.2) is 15.9 Å². The van der Waals surface area contributed by atoms with Crippen LogP contribution in [0.4, 0.5) is 21.6 Å². The number of amides is 1. The fourth-order valence-corrected chi connectivity index (χ4v) is 2.48. The lowest BCUT2D eigenvalue weighted by atomic mass is 9.87. The van der Waals surface area contributed by atoms with Crippen molar-refractivity contribution in [1.82, 2.24) is 9.97 Å². The molecule has 2 aromatic carbocycles. The number of carbonyl (C=O) groups excluding carboxylic acids is 1. The Morgan fingerprint density at radius 2 is 1.56 bits per heavy atom. The first kappa shape index (κ1) is 18.5. The van der Waals surface area contributed by atoms with E-state index in [9.17, 15) is 9.18 Å². The number of anilines is 3. The van der Waals surface area contributed by atoms with Gasteiger partial charge in [-0.3, -0.25) is 4.79 Å². The summed E-state index contributed by atoms with van der Waals surface area (Å²) in [4.78, 5) is 20.5. The van der Waals surface area contributed by atoms with Crippen LogP contribution in [0, 0.1) is 5.82 Å². The zero-order chi connectivity index (χ0) is 19.4. The fraction of sp³-hybridized carbons (Fsp3) is 0.190. The number of hydrogen-bond acceptors (Lipinski definition) is 4. The monoisotopic (exact) mass is 364 g/mol. The standard InChI is InChI=1S/C21H21FN4O/c1-21(2,3)14-4-8-16(9-5-14)25-19-12-18(23-13-24-19)20(27)26-17-10-6-15(22)7-11-17/h4-13H,1-3H3,(H,26,27)(H,23,24,25). The Morgan fingerprint density at radius 3 is 2.19 bits per heavy atom. The molecule has 6 heteroatoms. The van der Waals surface area contributed by atoms with E-state index in [2.05, 4.69) is 53.5 Å². The highest BCUT2D eigenvalue weighted by molar-refractivity contribution is 6.03. The van der Waals surface area contributed by atoms with E-state index in [0.717, 1.165) is 5.69 Å². The van der Waals surface area contributed by atoms with Gasteiger partial charge in [0.1, 0.15) is 23.7 Å². The molecule has 1 amide bonds. The average molecular weight is 364 g/mol. The SMILES string of the molecule is CC(C)(C)c1ccc(Nc2cc(C(=O)Nc3ccc(F)cc3)ncn2)cc1. The summed E-state index contributed by atoms with van der Waals surface area (Å²) in [6, 6.07) is 15.2. The molecule has 0 aliphatic carbocycles. The molecule has 27 heavy (non-hydrogen) atoms. The predicted molar refractivity (Wildman–Crippen MR) is 105 cm³/mol. The Labute approximate surface area is 157 Å². The normalized spacial score (nSPS) is 11.1. The smallest absolute Gasteiger partial charge is 0.274 e. The van der Waals surface area contributed by atoms with E-state index in [1.807, 2.05) is 12.1 Å². The molecule has 0 saturated carbocycles. The Morgan fingerprint density at radius 1 is 0.926 bits per heavy atom. The summed E-state index contributed by atoms with van der Waals surface area (Å²) in [5, 5.41) is 5.85. The number of nitrogens with zero attached hydrogens (tertiary/aromatic N) is 2. The highest BCUT2D eigenvalue weighted by atomic mass is 19.1. The Kier molecular flexibility index (Phi) is 5.16. The largest absolute Gasteiger partial charge is 0.340 e. The Balaban J connectivity index is 1.71. The van der Waals surface area contributed by atoms with E-state index in [1.54, 1.807) is 6.07 Å². The maximum Gasteiger partial charge on any atom is 0.274 e. The lowest BCUT2D eigenvalue weighted by Gasteiger charge is -2.19. The number of halogens is 1. The van der Waals surface area contributed by atoms with Crippen molar-refractivity contribution in [1.29, 1.82) is 0 Å².